The van der Waals surface area contributed by atoms with Crippen LogP contribution in [0, 0.1) is 0 Å². The van der Waals surface area contributed by atoms with E-state index in [4.69, 9.17) is 0 Å². The van der Waals surface area contributed by atoms with Crippen LogP contribution in [-0.2, 0) is 14.8 Å². The van der Waals surface area contributed by atoms with E-state index in [0.717, 1.165) is 25.7 Å². The summed E-state index contributed by atoms with van der Waals surface area (Å²) in [6.07, 6.45) is 4.29. The summed E-state index contributed by atoms with van der Waals surface area (Å²) >= 11 is 0. The van der Waals surface area contributed by atoms with Gasteiger partial charge in [0, 0.05) is 14.0 Å². The Balaban J connectivity index is 4.74. The van der Waals surface area contributed by atoms with Gasteiger partial charge in [0.05, 0.1) is 5.75 Å². The van der Waals surface area contributed by atoms with Crippen LogP contribution in [0.3, 0.4) is 0 Å². The maximum Gasteiger partial charge on any atom is 0.387 e. The number of hydrogen-bond acceptors (Lipinski definition) is 3. The summed E-state index contributed by atoms with van der Waals surface area (Å²) < 4.78 is 76.4. The molecule has 0 unspecified atom stereocenters. The van der Waals surface area contributed by atoms with Crippen molar-refractivity contribution >= 4 is 15.8 Å². The number of carbonyl (C=O) groups excluding carboxylic acids is 1. The summed E-state index contributed by atoms with van der Waals surface area (Å²) in [5.74, 6) is -7.80. The fourth-order valence-corrected chi connectivity index (χ4v) is 3.09. The van der Waals surface area contributed by atoms with E-state index in [1.165, 1.54) is 0 Å². The van der Waals surface area contributed by atoms with Gasteiger partial charge in [-0.2, -0.15) is 17.6 Å². The molecule has 4 nitrogen and oxygen atoms in total. The van der Waals surface area contributed by atoms with Crippen molar-refractivity contribution in [3.05, 3.63) is 0 Å². The van der Waals surface area contributed by atoms with Crippen LogP contribution >= 0.6 is 0 Å². The highest BCUT2D eigenvalue weighted by Crippen LogP contribution is 2.38. The molecular weight excluding hydrogens is 326 g/mol. The molecule has 9 heteroatoms. The van der Waals surface area contributed by atoms with Gasteiger partial charge in [-0.25, -0.2) is 8.42 Å². The summed E-state index contributed by atoms with van der Waals surface area (Å²) in [6, 6.07) is -5.08. The van der Waals surface area contributed by atoms with E-state index < -0.39 is 37.8 Å². The number of rotatable bonds is 11. The number of Topliss-reactive ketones (excluding diaryl/α,β-unsaturated/α-hetero) is 1. The molecule has 0 spiro atoms. The molecule has 0 saturated carbocycles. The highest BCUT2D eigenvalue weighted by Gasteiger charge is 2.65. The first-order valence-electron chi connectivity index (χ1n) is 7.14. The highest BCUT2D eigenvalue weighted by atomic mass is 32.2. The lowest BCUT2D eigenvalue weighted by atomic mass is 10.1. The molecule has 0 aromatic rings. The van der Waals surface area contributed by atoms with Gasteiger partial charge < -0.3 is 0 Å². The van der Waals surface area contributed by atoms with Crippen molar-refractivity contribution in [3.8, 4) is 0 Å². The van der Waals surface area contributed by atoms with Crippen molar-refractivity contribution in [1.82, 2.24) is 4.31 Å². The number of carbonyl (C=O) groups is 1. The van der Waals surface area contributed by atoms with Crippen LogP contribution in [-0.4, -0.2) is 43.3 Å². The maximum absolute atomic E-state index is 13.6. The lowest BCUT2D eigenvalue weighted by Gasteiger charge is -2.31. The van der Waals surface area contributed by atoms with Crippen LogP contribution in [0.15, 0.2) is 0 Å². The predicted molar refractivity (Wildman–Crippen MR) is 75.5 cm³/mol. The third kappa shape index (κ3) is 5.19. The molecule has 0 radical (unpaired) electrons. The average Bonchev–Trinajstić information content (AvgIpc) is 2.41. The van der Waals surface area contributed by atoms with E-state index in [2.05, 4.69) is 0 Å². The van der Waals surface area contributed by atoms with Crippen molar-refractivity contribution in [2.45, 2.75) is 64.3 Å². The Kier molecular flexibility index (Phi) is 7.97. The minimum Gasteiger partial charge on any atom is -0.293 e. The van der Waals surface area contributed by atoms with E-state index in [-0.39, 0.29) is 6.42 Å². The number of halogens is 4. The molecule has 0 amide bonds. The van der Waals surface area contributed by atoms with Gasteiger partial charge in [0.1, 0.15) is 0 Å². The SMILES string of the molecule is CCCCCCCCS(=O)(=O)N(C)C(F)(F)C(F)(F)C(C)=O. The number of sulfonamides is 1. The first-order valence-corrected chi connectivity index (χ1v) is 8.75. The van der Waals surface area contributed by atoms with Gasteiger partial charge in [-0.15, -0.1) is 4.31 Å². The predicted octanol–water partition coefficient (Wildman–Crippen LogP) is 3.43. The van der Waals surface area contributed by atoms with E-state index in [1.54, 1.807) is 0 Å². The molecule has 0 N–H and O–H groups in total. The van der Waals surface area contributed by atoms with E-state index in [0.29, 0.717) is 20.4 Å². The molecule has 0 rings (SSSR count). The van der Waals surface area contributed by atoms with E-state index in [9.17, 15) is 30.8 Å². The molecule has 0 saturated heterocycles. The smallest absolute Gasteiger partial charge is 0.293 e. The molecule has 0 aliphatic heterocycles. The lowest BCUT2D eigenvalue weighted by Crippen LogP contribution is -2.58. The normalized spacial score (nSPS) is 13.6. The van der Waals surface area contributed by atoms with Gasteiger partial charge in [-0.3, -0.25) is 4.79 Å². The summed E-state index contributed by atoms with van der Waals surface area (Å²) in [7, 11) is -4.21. The molecule has 0 heterocycles. The Morgan fingerprint density at radius 2 is 1.45 bits per heavy atom. The van der Waals surface area contributed by atoms with Gasteiger partial charge in [0.15, 0.2) is 0 Å². The average molecular weight is 349 g/mol. The van der Waals surface area contributed by atoms with E-state index >= 15 is 0 Å². The number of alkyl halides is 4. The maximum atomic E-state index is 13.6. The molecule has 22 heavy (non-hydrogen) atoms. The summed E-state index contributed by atoms with van der Waals surface area (Å²) in [5, 5.41) is 0. The highest BCUT2D eigenvalue weighted by molar-refractivity contribution is 7.89. The van der Waals surface area contributed by atoms with E-state index in [1.807, 2.05) is 6.92 Å². The van der Waals surface area contributed by atoms with Crippen LogP contribution < -0.4 is 0 Å². The molecular formula is C13H23F4NO3S. The van der Waals surface area contributed by atoms with Crippen molar-refractivity contribution in [1.29, 1.82) is 0 Å². The standard InChI is InChI=1S/C13H23F4NO3S/c1-4-5-6-7-8-9-10-22(20,21)18(3)13(16,17)12(14,15)11(2)19/h4-10H2,1-3H3. The Hall–Kier alpha value is -0.700. The first kappa shape index (κ1) is 21.3. The van der Waals surface area contributed by atoms with Crippen LogP contribution in [0.25, 0.3) is 0 Å². The fraction of sp³-hybridized carbons (Fsp3) is 0.923. The Morgan fingerprint density at radius 1 is 1.00 bits per heavy atom. The van der Waals surface area contributed by atoms with Crippen molar-refractivity contribution < 1.29 is 30.8 Å². The largest absolute Gasteiger partial charge is 0.387 e. The van der Waals surface area contributed by atoms with Crippen molar-refractivity contribution in [2.24, 2.45) is 0 Å². The molecule has 0 atom stereocenters. The van der Waals surface area contributed by atoms with Gasteiger partial charge >= 0.3 is 12.0 Å². The molecule has 0 bridgehead atoms. The molecule has 0 aliphatic carbocycles. The van der Waals surface area contributed by atoms with Gasteiger partial charge in [0.2, 0.25) is 15.8 Å². The Bertz CT molecular complexity index is 466. The number of unbranched alkanes of at least 4 members (excludes halogenated alkanes) is 5. The summed E-state index contributed by atoms with van der Waals surface area (Å²) in [5.41, 5.74) is 0. The van der Waals surface area contributed by atoms with Crippen molar-refractivity contribution in [3.63, 3.8) is 0 Å². The van der Waals surface area contributed by atoms with Crippen LogP contribution in [0.1, 0.15) is 52.4 Å². The minimum absolute atomic E-state index is 0.109. The second-order valence-electron chi connectivity index (χ2n) is 5.22. The van der Waals surface area contributed by atoms with Gasteiger partial charge in [-0.05, 0) is 6.42 Å². The van der Waals surface area contributed by atoms with Crippen molar-refractivity contribution in [2.75, 3.05) is 12.8 Å². The summed E-state index contributed by atoms with van der Waals surface area (Å²) in [6.45, 7) is 2.30. The second kappa shape index (κ2) is 8.24. The zero-order valence-electron chi connectivity index (χ0n) is 13.0. The fourth-order valence-electron chi connectivity index (χ4n) is 1.79. The number of hydrogen-bond donors (Lipinski definition) is 0. The lowest BCUT2D eigenvalue weighted by molar-refractivity contribution is -0.244. The summed E-state index contributed by atoms with van der Waals surface area (Å²) in [4.78, 5) is 10.7. The number of nitrogens with zero attached hydrogens (tertiary/aromatic N) is 1. The zero-order chi connectivity index (χ0) is 17.6. The molecule has 0 aliphatic rings. The minimum atomic E-state index is -5.08. The van der Waals surface area contributed by atoms with Gasteiger partial charge in [0.25, 0.3) is 0 Å². The molecule has 132 valence electrons. The number of ketones is 1. The third-order valence-electron chi connectivity index (χ3n) is 3.39. The van der Waals surface area contributed by atoms with Crippen LogP contribution in [0.2, 0.25) is 0 Å². The Morgan fingerprint density at radius 3 is 1.91 bits per heavy atom. The van der Waals surface area contributed by atoms with Gasteiger partial charge in [-0.1, -0.05) is 39.0 Å². The monoisotopic (exact) mass is 349 g/mol. The second-order valence-corrected chi connectivity index (χ2v) is 7.34. The third-order valence-corrected chi connectivity index (χ3v) is 5.26. The quantitative estimate of drug-likeness (QED) is 0.326. The zero-order valence-corrected chi connectivity index (χ0v) is 13.9. The van der Waals surface area contributed by atoms with Crippen LogP contribution in [0.4, 0.5) is 17.6 Å². The molecule has 0 aromatic heterocycles. The topological polar surface area (TPSA) is 54.5 Å². The first-order chi connectivity index (χ1) is 9.91. The molecule has 0 fully saturated rings. The molecule has 0 aromatic carbocycles. The van der Waals surface area contributed by atoms with Crippen LogP contribution in [0.5, 0.6) is 0 Å². The Labute approximate surface area is 128 Å².